The van der Waals surface area contributed by atoms with Crippen molar-refractivity contribution >= 4 is 17.5 Å². The Labute approximate surface area is 155 Å². The van der Waals surface area contributed by atoms with Crippen molar-refractivity contribution in [3.8, 4) is 0 Å². The van der Waals surface area contributed by atoms with Crippen LogP contribution in [0.15, 0.2) is 66.9 Å². The van der Waals surface area contributed by atoms with Crippen molar-refractivity contribution in [3.05, 3.63) is 78.0 Å². The summed E-state index contributed by atoms with van der Waals surface area (Å²) in [5.74, 6) is 1.07. The molecule has 0 bridgehead atoms. The summed E-state index contributed by atoms with van der Waals surface area (Å²) in [6, 6.07) is 16.6. The molecule has 1 aromatic heterocycles. The van der Waals surface area contributed by atoms with Gasteiger partial charge in [-0.05, 0) is 42.8 Å². The lowest BCUT2D eigenvalue weighted by molar-refractivity contribution is -0.137. The first-order valence-electron chi connectivity index (χ1n) is 8.52. The van der Waals surface area contributed by atoms with E-state index in [0.29, 0.717) is 18.2 Å². The van der Waals surface area contributed by atoms with Crippen LogP contribution < -0.4 is 10.2 Å². The third kappa shape index (κ3) is 4.97. The van der Waals surface area contributed by atoms with Crippen LogP contribution in [0.1, 0.15) is 18.1 Å². The van der Waals surface area contributed by atoms with Crippen molar-refractivity contribution in [2.24, 2.45) is 0 Å². The molecule has 140 valence electrons. The Hall–Kier alpha value is -3.09. The van der Waals surface area contributed by atoms with Crippen LogP contribution in [0.4, 0.5) is 30.6 Å². The molecule has 0 spiro atoms. The SMILES string of the molecule is CCN(Cc1ccccc1)c1ccnc(Nc2ccc(C(F)(F)F)cc2)n1. The van der Waals surface area contributed by atoms with Crippen molar-refractivity contribution in [1.29, 1.82) is 0 Å². The van der Waals surface area contributed by atoms with Crippen LogP contribution in [0.3, 0.4) is 0 Å². The molecule has 27 heavy (non-hydrogen) atoms. The molecule has 0 unspecified atom stereocenters. The molecule has 0 saturated heterocycles. The topological polar surface area (TPSA) is 41.1 Å². The second kappa shape index (κ2) is 8.07. The molecule has 1 heterocycles. The Kier molecular flexibility index (Phi) is 5.59. The molecular weight excluding hydrogens is 353 g/mol. The second-order valence-corrected chi connectivity index (χ2v) is 5.94. The molecule has 0 aliphatic heterocycles. The number of nitrogens with zero attached hydrogens (tertiary/aromatic N) is 3. The van der Waals surface area contributed by atoms with Crippen LogP contribution in [0, 0.1) is 0 Å². The van der Waals surface area contributed by atoms with Crippen LogP contribution >= 0.6 is 0 Å². The fraction of sp³-hybridized carbons (Fsp3) is 0.200. The molecule has 0 atom stereocenters. The minimum absolute atomic E-state index is 0.332. The van der Waals surface area contributed by atoms with E-state index in [2.05, 4.69) is 20.2 Å². The third-order valence-electron chi connectivity index (χ3n) is 4.03. The first-order valence-corrected chi connectivity index (χ1v) is 8.52. The molecule has 0 amide bonds. The number of nitrogens with one attached hydrogen (secondary N) is 1. The smallest absolute Gasteiger partial charge is 0.352 e. The number of hydrogen-bond acceptors (Lipinski definition) is 4. The van der Waals surface area contributed by atoms with E-state index in [1.807, 2.05) is 43.3 Å². The molecule has 0 aliphatic rings. The van der Waals surface area contributed by atoms with Gasteiger partial charge >= 0.3 is 6.18 Å². The lowest BCUT2D eigenvalue weighted by atomic mass is 10.2. The third-order valence-corrected chi connectivity index (χ3v) is 4.03. The van der Waals surface area contributed by atoms with Gasteiger partial charge in [-0.25, -0.2) is 4.98 Å². The Balaban J connectivity index is 1.74. The van der Waals surface area contributed by atoms with Gasteiger partial charge in [0, 0.05) is 25.0 Å². The van der Waals surface area contributed by atoms with Gasteiger partial charge in [0.2, 0.25) is 5.95 Å². The van der Waals surface area contributed by atoms with Gasteiger partial charge in [0.1, 0.15) is 5.82 Å². The van der Waals surface area contributed by atoms with E-state index in [-0.39, 0.29) is 0 Å². The fourth-order valence-electron chi connectivity index (χ4n) is 2.62. The van der Waals surface area contributed by atoms with Crippen LogP contribution in [0.25, 0.3) is 0 Å². The number of alkyl halides is 3. The summed E-state index contributed by atoms with van der Waals surface area (Å²) in [6.07, 6.45) is -2.73. The summed E-state index contributed by atoms with van der Waals surface area (Å²) < 4.78 is 38.0. The first-order chi connectivity index (χ1) is 13.0. The summed E-state index contributed by atoms with van der Waals surface area (Å²) >= 11 is 0. The zero-order chi connectivity index (χ0) is 19.3. The second-order valence-electron chi connectivity index (χ2n) is 5.94. The molecule has 0 fully saturated rings. The van der Waals surface area contributed by atoms with Gasteiger partial charge < -0.3 is 10.2 Å². The maximum Gasteiger partial charge on any atom is 0.416 e. The van der Waals surface area contributed by atoms with E-state index in [4.69, 9.17) is 0 Å². The highest BCUT2D eigenvalue weighted by Crippen LogP contribution is 2.30. The molecule has 4 nitrogen and oxygen atoms in total. The van der Waals surface area contributed by atoms with E-state index in [0.717, 1.165) is 30.1 Å². The molecule has 1 N–H and O–H groups in total. The highest BCUT2D eigenvalue weighted by Gasteiger charge is 2.29. The Morgan fingerprint density at radius 1 is 0.963 bits per heavy atom. The normalized spacial score (nSPS) is 11.3. The molecule has 2 aromatic carbocycles. The van der Waals surface area contributed by atoms with E-state index >= 15 is 0 Å². The molecule has 7 heteroatoms. The van der Waals surface area contributed by atoms with Gasteiger partial charge in [0.05, 0.1) is 5.56 Å². The summed E-state index contributed by atoms with van der Waals surface area (Å²) in [6.45, 7) is 3.49. The highest BCUT2D eigenvalue weighted by atomic mass is 19.4. The van der Waals surface area contributed by atoms with Crippen molar-refractivity contribution in [2.75, 3.05) is 16.8 Å². The van der Waals surface area contributed by atoms with Gasteiger partial charge in [0.15, 0.2) is 0 Å². The average Bonchev–Trinajstić information content (AvgIpc) is 2.67. The summed E-state index contributed by atoms with van der Waals surface area (Å²) in [5, 5.41) is 2.95. The van der Waals surface area contributed by atoms with Crippen LogP contribution in [0.2, 0.25) is 0 Å². The van der Waals surface area contributed by atoms with Crippen molar-refractivity contribution in [3.63, 3.8) is 0 Å². The lowest BCUT2D eigenvalue weighted by Crippen LogP contribution is -2.23. The zero-order valence-electron chi connectivity index (χ0n) is 14.7. The van der Waals surface area contributed by atoms with Gasteiger partial charge in [-0.2, -0.15) is 18.2 Å². The van der Waals surface area contributed by atoms with E-state index in [9.17, 15) is 13.2 Å². The molecule has 3 aromatic rings. The van der Waals surface area contributed by atoms with Gasteiger partial charge in [-0.3, -0.25) is 0 Å². The number of halogens is 3. The monoisotopic (exact) mass is 372 g/mol. The van der Waals surface area contributed by atoms with Crippen LogP contribution in [0.5, 0.6) is 0 Å². The number of aromatic nitrogens is 2. The van der Waals surface area contributed by atoms with Crippen molar-refractivity contribution in [2.45, 2.75) is 19.6 Å². The van der Waals surface area contributed by atoms with Crippen LogP contribution in [-0.2, 0) is 12.7 Å². The molecule has 3 rings (SSSR count). The molecule has 0 radical (unpaired) electrons. The summed E-state index contributed by atoms with van der Waals surface area (Å²) in [7, 11) is 0. The maximum absolute atomic E-state index is 12.7. The minimum atomic E-state index is -4.35. The Morgan fingerprint density at radius 2 is 1.67 bits per heavy atom. The molecule has 0 saturated carbocycles. The largest absolute Gasteiger partial charge is 0.416 e. The van der Waals surface area contributed by atoms with E-state index < -0.39 is 11.7 Å². The molecular formula is C20H19F3N4. The predicted molar refractivity (Wildman–Crippen MR) is 99.9 cm³/mol. The van der Waals surface area contributed by atoms with Gasteiger partial charge in [-0.1, -0.05) is 30.3 Å². The Bertz CT molecular complexity index is 864. The van der Waals surface area contributed by atoms with Crippen molar-refractivity contribution < 1.29 is 13.2 Å². The fourth-order valence-corrected chi connectivity index (χ4v) is 2.62. The Morgan fingerprint density at radius 3 is 2.30 bits per heavy atom. The maximum atomic E-state index is 12.7. The van der Waals surface area contributed by atoms with E-state index in [1.165, 1.54) is 12.1 Å². The average molecular weight is 372 g/mol. The summed E-state index contributed by atoms with van der Waals surface area (Å²) in [4.78, 5) is 10.7. The highest BCUT2D eigenvalue weighted by molar-refractivity contribution is 5.55. The summed E-state index contributed by atoms with van der Waals surface area (Å²) in [5.41, 5.74) is 0.962. The van der Waals surface area contributed by atoms with Gasteiger partial charge in [0.25, 0.3) is 0 Å². The predicted octanol–water partition coefficient (Wildman–Crippen LogP) is 5.27. The van der Waals surface area contributed by atoms with Gasteiger partial charge in [-0.15, -0.1) is 0 Å². The first kappa shape index (κ1) is 18.7. The quantitative estimate of drug-likeness (QED) is 0.640. The minimum Gasteiger partial charge on any atom is -0.352 e. The number of anilines is 3. The van der Waals surface area contributed by atoms with Crippen LogP contribution in [-0.4, -0.2) is 16.5 Å². The zero-order valence-corrected chi connectivity index (χ0v) is 14.7. The number of rotatable bonds is 6. The van der Waals surface area contributed by atoms with E-state index in [1.54, 1.807) is 6.20 Å². The number of hydrogen-bond donors (Lipinski definition) is 1. The van der Waals surface area contributed by atoms with Crippen molar-refractivity contribution in [1.82, 2.24) is 9.97 Å². The standard InChI is InChI=1S/C20H19F3N4/c1-2-27(14-15-6-4-3-5-7-15)18-12-13-24-19(26-18)25-17-10-8-16(9-11-17)20(21,22)23/h3-13H,2,14H2,1H3,(H,24,25,26). The lowest BCUT2D eigenvalue weighted by Gasteiger charge is -2.22. The molecule has 0 aliphatic carbocycles. The number of benzene rings is 2.